The molecule has 1 heterocycles. The number of hydrogen-bond acceptors (Lipinski definition) is 2. The molecule has 0 atom stereocenters. The maximum absolute atomic E-state index is 11.7. The van der Waals surface area contributed by atoms with Crippen LogP contribution in [0.4, 0.5) is 11.4 Å². The van der Waals surface area contributed by atoms with Crippen LogP contribution in [-0.4, -0.2) is 19.0 Å². The van der Waals surface area contributed by atoms with Gasteiger partial charge in [-0.15, -0.1) is 0 Å². The Labute approximate surface area is 126 Å². The predicted molar refractivity (Wildman–Crippen MR) is 85.5 cm³/mol. The van der Waals surface area contributed by atoms with Gasteiger partial charge in [0.2, 0.25) is 5.91 Å². The van der Waals surface area contributed by atoms with Crippen molar-refractivity contribution >= 4 is 28.9 Å². The van der Waals surface area contributed by atoms with Gasteiger partial charge < -0.3 is 10.2 Å². The van der Waals surface area contributed by atoms with E-state index in [1.165, 1.54) is 12.8 Å². The lowest BCUT2D eigenvalue weighted by Crippen LogP contribution is -2.32. The standard InChI is InChI=1S/C16H23ClN2O/c1-11(2)16(20)18-13-4-5-15(14(17)10-13)19-8-6-12(3)7-9-19/h4-5,10-12H,6-9H2,1-3H3,(H,18,20). The number of nitrogens with zero attached hydrogens (tertiary/aromatic N) is 1. The SMILES string of the molecule is CC1CCN(c2ccc(NC(=O)C(C)C)cc2Cl)CC1. The minimum atomic E-state index is -0.0305. The molecule has 0 spiro atoms. The number of benzene rings is 1. The van der Waals surface area contributed by atoms with Crippen LogP contribution in [0.15, 0.2) is 18.2 Å². The molecule has 1 aromatic carbocycles. The molecule has 1 N–H and O–H groups in total. The quantitative estimate of drug-likeness (QED) is 0.907. The molecule has 1 amide bonds. The second kappa shape index (κ2) is 6.49. The van der Waals surface area contributed by atoms with Crippen molar-refractivity contribution in [1.82, 2.24) is 0 Å². The molecular weight excluding hydrogens is 272 g/mol. The van der Waals surface area contributed by atoms with Crippen molar-refractivity contribution < 1.29 is 4.79 Å². The van der Waals surface area contributed by atoms with Crippen LogP contribution in [-0.2, 0) is 4.79 Å². The zero-order chi connectivity index (χ0) is 14.7. The van der Waals surface area contributed by atoms with Gasteiger partial charge in [0, 0.05) is 24.7 Å². The lowest BCUT2D eigenvalue weighted by molar-refractivity contribution is -0.118. The van der Waals surface area contributed by atoms with Crippen molar-refractivity contribution in [2.45, 2.75) is 33.6 Å². The lowest BCUT2D eigenvalue weighted by Gasteiger charge is -2.32. The third-order valence-corrected chi connectivity index (χ3v) is 4.17. The number of carbonyl (C=O) groups excluding carboxylic acids is 1. The fraction of sp³-hybridized carbons (Fsp3) is 0.562. The first-order chi connectivity index (χ1) is 9.47. The van der Waals surface area contributed by atoms with E-state index in [0.29, 0.717) is 5.02 Å². The molecule has 1 aliphatic heterocycles. The fourth-order valence-corrected chi connectivity index (χ4v) is 2.68. The Morgan fingerprint density at radius 3 is 2.55 bits per heavy atom. The Hall–Kier alpha value is -1.22. The lowest BCUT2D eigenvalue weighted by atomic mass is 9.99. The van der Waals surface area contributed by atoms with Gasteiger partial charge in [0.05, 0.1) is 10.7 Å². The minimum absolute atomic E-state index is 0.0145. The Morgan fingerprint density at radius 1 is 1.35 bits per heavy atom. The summed E-state index contributed by atoms with van der Waals surface area (Å²) in [5, 5.41) is 3.59. The fourth-order valence-electron chi connectivity index (χ4n) is 2.38. The molecule has 4 heteroatoms. The predicted octanol–water partition coefficient (Wildman–Crippen LogP) is 4.17. The number of rotatable bonds is 3. The molecule has 0 unspecified atom stereocenters. The van der Waals surface area contributed by atoms with E-state index in [1.807, 2.05) is 32.0 Å². The largest absolute Gasteiger partial charge is 0.370 e. The average molecular weight is 295 g/mol. The maximum Gasteiger partial charge on any atom is 0.226 e. The first kappa shape index (κ1) is 15.2. The van der Waals surface area contributed by atoms with E-state index in [4.69, 9.17) is 11.6 Å². The molecule has 3 nitrogen and oxygen atoms in total. The average Bonchev–Trinajstić information content (AvgIpc) is 2.40. The Morgan fingerprint density at radius 2 is 2.00 bits per heavy atom. The summed E-state index contributed by atoms with van der Waals surface area (Å²) in [6.45, 7) is 8.15. The van der Waals surface area contributed by atoms with Crippen LogP contribution >= 0.6 is 11.6 Å². The first-order valence-corrected chi connectivity index (χ1v) is 7.70. The van der Waals surface area contributed by atoms with Crippen molar-refractivity contribution in [3.05, 3.63) is 23.2 Å². The van der Waals surface area contributed by atoms with Crippen LogP contribution in [0.3, 0.4) is 0 Å². The molecule has 0 bridgehead atoms. The number of piperidine rings is 1. The van der Waals surface area contributed by atoms with Crippen LogP contribution < -0.4 is 10.2 Å². The summed E-state index contributed by atoms with van der Waals surface area (Å²) in [4.78, 5) is 14.0. The molecule has 0 aliphatic carbocycles. The monoisotopic (exact) mass is 294 g/mol. The van der Waals surface area contributed by atoms with Crippen molar-refractivity contribution in [2.75, 3.05) is 23.3 Å². The summed E-state index contributed by atoms with van der Waals surface area (Å²) in [5.74, 6) is 0.785. The molecule has 2 rings (SSSR count). The molecule has 1 fully saturated rings. The van der Waals surface area contributed by atoms with E-state index < -0.39 is 0 Å². The van der Waals surface area contributed by atoms with Gasteiger partial charge in [-0.3, -0.25) is 4.79 Å². The highest BCUT2D eigenvalue weighted by Crippen LogP contribution is 2.31. The number of carbonyl (C=O) groups is 1. The van der Waals surface area contributed by atoms with E-state index in [1.54, 1.807) is 0 Å². The highest BCUT2D eigenvalue weighted by molar-refractivity contribution is 6.33. The smallest absolute Gasteiger partial charge is 0.226 e. The summed E-state index contributed by atoms with van der Waals surface area (Å²) < 4.78 is 0. The summed E-state index contributed by atoms with van der Waals surface area (Å²) in [6, 6.07) is 5.78. The van der Waals surface area contributed by atoms with Gasteiger partial charge >= 0.3 is 0 Å². The number of nitrogens with one attached hydrogen (secondary N) is 1. The molecule has 0 saturated carbocycles. The topological polar surface area (TPSA) is 32.3 Å². The van der Waals surface area contributed by atoms with E-state index in [-0.39, 0.29) is 11.8 Å². The van der Waals surface area contributed by atoms with Crippen LogP contribution in [0.25, 0.3) is 0 Å². The van der Waals surface area contributed by atoms with Gasteiger partial charge in [-0.1, -0.05) is 32.4 Å². The second-order valence-electron chi connectivity index (χ2n) is 5.98. The molecule has 110 valence electrons. The zero-order valence-electron chi connectivity index (χ0n) is 12.4. The summed E-state index contributed by atoms with van der Waals surface area (Å²) in [6.07, 6.45) is 2.42. The highest BCUT2D eigenvalue weighted by Gasteiger charge is 2.18. The van der Waals surface area contributed by atoms with Gasteiger partial charge in [0.1, 0.15) is 0 Å². The number of anilines is 2. The van der Waals surface area contributed by atoms with Crippen molar-refractivity contribution in [3.8, 4) is 0 Å². The van der Waals surface area contributed by atoms with Gasteiger partial charge in [0.25, 0.3) is 0 Å². The van der Waals surface area contributed by atoms with Crippen molar-refractivity contribution in [2.24, 2.45) is 11.8 Å². The molecule has 1 saturated heterocycles. The van der Waals surface area contributed by atoms with Crippen LogP contribution in [0.1, 0.15) is 33.6 Å². The number of amides is 1. The molecular formula is C16H23ClN2O. The highest BCUT2D eigenvalue weighted by atomic mass is 35.5. The van der Waals surface area contributed by atoms with Crippen molar-refractivity contribution in [3.63, 3.8) is 0 Å². The summed E-state index contributed by atoms with van der Waals surface area (Å²) in [5.41, 5.74) is 1.84. The zero-order valence-corrected chi connectivity index (χ0v) is 13.2. The number of halogens is 1. The van der Waals surface area contributed by atoms with Gasteiger partial charge in [-0.25, -0.2) is 0 Å². The Balaban J connectivity index is 2.08. The van der Waals surface area contributed by atoms with Gasteiger partial charge in [-0.05, 0) is 37.0 Å². The molecule has 20 heavy (non-hydrogen) atoms. The van der Waals surface area contributed by atoms with Crippen LogP contribution in [0, 0.1) is 11.8 Å². The third kappa shape index (κ3) is 3.66. The Kier molecular flexibility index (Phi) is 4.92. The summed E-state index contributed by atoms with van der Waals surface area (Å²) >= 11 is 6.37. The van der Waals surface area contributed by atoms with E-state index in [2.05, 4.69) is 17.1 Å². The number of hydrogen-bond donors (Lipinski definition) is 1. The first-order valence-electron chi connectivity index (χ1n) is 7.32. The van der Waals surface area contributed by atoms with Crippen molar-refractivity contribution in [1.29, 1.82) is 0 Å². The molecule has 0 radical (unpaired) electrons. The summed E-state index contributed by atoms with van der Waals surface area (Å²) in [7, 11) is 0. The van der Waals surface area contributed by atoms with Gasteiger partial charge in [-0.2, -0.15) is 0 Å². The molecule has 1 aromatic rings. The molecule has 0 aromatic heterocycles. The maximum atomic E-state index is 11.7. The van der Waals surface area contributed by atoms with E-state index in [0.717, 1.165) is 30.4 Å². The van der Waals surface area contributed by atoms with Gasteiger partial charge in [0.15, 0.2) is 0 Å². The molecule has 1 aliphatic rings. The normalized spacial score (nSPS) is 16.6. The van der Waals surface area contributed by atoms with E-state index >= 15 is 0 Å². The second-order valence-corrected chi connectivity index (χ2v) is 6.39. The van der Waals surface area contributed by atoms with Crippen LogP contribution in [0.2, 0.25) is 5.02 Å². The third-order valence-electron chi connectivity index (χ3n) is 3.86. The van der Waals surface area contributed by atoms with Crippen LogP contribution in [0.5, 0.6) is 0 Å². The minimum Gasteiger partial charge on any atom is -0.370 e. The van der Waals surface area contributed by atoms with E-state index in [9.17, 15) is 4.79 Å². The Bertz CT molecular complexity index is 479.